The maximum atomic E-state index is 13.8. The summed E-state index contributed by atoms with van der Waals surface area (Å²) >= 11 is 1.73. The average Bonchev–Trinajstić information content (AvgIpc) is 2.80. The number of hydrogen-bond donors (Lipinski definition) is 1. The Hall–Kier alpha value is -0.410. The molecule has 2 rings (SSSR count). The van der Waals surface area contributed by atoms with Crippen molar-refractivity contribution in [3.63, 3.8) is 0 Å². The molecule has 2 heterocycles. The van der Waals surface area contributed by atoms with E-state index in [0.29, 0.717) is 6.42 Å². The molecule has 2 atom stereocenters. The van der Waals surface area contributed by atoms with Crippen LogP contribution in [0.3, 0.4) is 0 Å². The fourth-order valence-corrected chi connectivity index (χ4v) is 2.88. The highest BCUT2D eigenvalue weighted by Gasteiger charge is 2.22. The van der Waals surface area contributed by atoms with Crippen LogP contribution in [0.5, 0.6) is 0 Å². The Morgan fingerprint density at radius 1 is 1.60 bits per heavy atom. The lowest BCUT2D eigenvalue weighted by molar-refractivity contribution is 0.182. The number of piperidine rings is 1. The summed E-state index contributed by atoms with van der Waals surface area (Å²) in [6, 6.07) is 4.13. The van der Waals surface area contributed by atoms with Crippen LogP contribution < -0.4 is 5.32 Å². The van der Waals surface area contributed by atoms with Gasteiger partial charge in [0.2, 0.25) is 0 Å². The third-order valence-electron chi connectivity index (χ3n) is 3.09. The van der Waals surface area contributed by atoms with Gasteiger partial charge in [-0.1, -0.05) is 6.07 Å². The first-order valence-electron chi connectivity index (χ1n) is 5.73. The molecule has 0 saturated carbocycles. The van der Waals surface area contributed by atoms with Crippen molar-refractivity contribution in [2.75, 3.05) is 13.1 Å². The first-order valence-corrected chi connectivity index (χ1v) is 6.61. The van der Waals surface area contributed by atoms with Crippen molar-refractivity contribution in [1.29, 1.82) is 0 Å². The minimum absolute atomic E-state index is 0.249. The molecular formula is C12H18FNS. The number of rotatable bonds is 4. The van der Waals surface area contributed by atoms with E-state index in [-0.39, 0.29) is 5.92 Å². The van der Waals surface area contributed by atoms with E-state index in [0.717, 1.165) is 32.4 Å². The van der Waals surface area contributed by atoms with Gasteiger partial charge in [-0.15, -0.1) is 11.3 Å². The Labute approximate surface area is 94.7 Å². The van der Waals surface area contributed by atoms with Crippen molar-refractivity contribution in [3.8, 4) is 0 Å². The van der Waals surface area contributed by atoms with Gasteiger partial charge in [0.15, 0.2) is 0 Å². The van der Waals surface area contributed by atoms with Crippen molar-refractivity contribution < 1.29 is 4.39 Å². The fraction of sp³-hybridized carbons (Fsp3) is 0.667. The number of thiophene rings is 1. The zero-order valence-corrected chi connectivity index (χ0v) is 9.73. The van der Waals surface area contributed by atoms with Crippen molar-refractivity contribution in [2.24, 2.45) is 5.92 Å². The Balaban J connectivity index is 1.74. The van der Waals surface area contributed by atoms with E-state index in [1.54, 1.807) is 11.3 Å². The summed E-state index contributed by atoms with van der Waals surface area (Å²) in [6.45, 7) is 1.93. The molecule has 1 aromatic heterocycles. The average molecular weight is 227 g/mol. The molecular weight excluding hydrogens is 209 g/mol. The van der Waals surface area contributed by atoms with E-state index in [1.807, 2.05) is 6.07 Å². The SMILES string of the molecule is FC(CCc1cccs1)C1CCCNC1. The molecule has 1 fully saturated rings. The van der Waals surface area contributed by atoms with Crippen LogP contribution in [0.4, 0.5) is 4.39 Å². The van der Waals surface area contributed by atoms with Crippen molar-refractivity contribution in [3.05, 3.63) is 22.4 Å². The monoisotopic (exact) mass is 227 g/mol. The fourth-order valence-electron chi connectivity index (χ4n) is 2.16. The predicted molar refractivity (Wildman–Crippen MR) is 63.1 cm³/mol. The highest BCUT2D eigenvalue weighted by atomic mass is 32.1. The number of nitrogens with one attached hydrogen (secondary N) is 1. The van der Waals surface area contributed by atoms with Crippen LogP contribution in [-0.4, -0.2) is 19.3 Å². The molecule has 1 saturated heterocycles. The number of alkyl halides is 1. The zero-order chi connectivity index (χ0) is 10.5. The minimum Gasteiger partial charge on any atom is -0.316 e. The van der Waals surface area contributed by atoms with Crippen LogP contribution in [0.2, 0.25) is 0 Å². The lowest BCUT2D eigenvalue weighted by Crippen LogP contribution is -2.35. The summed E-state index contributed by atoms with van der Waals surface area (Å²) in [6.07, 6.45) is 3.14. The second-order valence-electron chi connectivity index (χ2n) is 4.24. The van der Waals surface area contributed by atoms with Crippen LogP contribution in [0.25, 0.3) is 0 Å². The first kappa shape index (κ1) is 11.1. The number of hydrogen-bond acceptors (Lipinski definition) is 2. The van der Waals surface area contributed by atoms with Crippen LogP contribution in [0.15, 0.2) is 17.5 Å². The van der Waals surface area contributed by atoms with Gasteiger partial charge in [0.1, 0.15) is 6.17 Å². The molecule has 1 aliphatic heterocycles. The summed E-state index contributed by atoms with van der Waals surface area (Å²) in [4.78, 5) is 1.31. The van der Waals surface area contributed by atoms with Crippen LogP contribution >= 0.6 is 11.3 Å². The molecule has 0 spiro atoms. The molecule has 1 aliphatic rings. The summed E-state index contributed by atoms with van der Waals surface area (Å²) in [7, 11) is 0. The lowest BCUT2D eigenvalue weighted by Gasteiger charge is -2.25. The maximum Gasteiger partial charge on any atom is 0.104 e. The quantitative estimate of drug-likeness (QED) is 0.833. The zero-order valence-electron chi connectivity index (χ0n) is 8.92. The van der Waals surface area contributed by atoms with Gasteiger partial charge >= 0.3 is 0 Å². The van der Waals surface area contributed by atoms with E-state index in [4.69, 9.17) is 0 Å². The Morgan fingerprint density at radius 2 is 2.53 bits per heavy atom. The molecule has 84 valence electrons. The maximum absolute atomic E-state index is 13.8. The second kappa shape index (κ2) is 5.61. The molecule has 2 unspecified atom stereocenters. The smallest absolute Gasteiger partial charge is 0.104 e. The van der Waals surface area contributed by atoms with Gasteiger partial charge < -0.3 is 5.32 Å². The third kappa shape index (κ3) is 3.28. The molecule has 15 heavy (non-hydrogen) atoms. The highest BCUT2D eigenvalue weighted by Crippen LogP contribution is 2.22. The van der Waals surface area contributed by atoms with Gasteiger partial charge in [-0.3, -0.25) is 0 Å². The van der Waals surface area contributed by atoms with Gasteiger partial charge in [-0.2, -0.15) is 0 Å². The van der Waals surface area contributed by atoms with E-state index in [2.05, 4.69) is 16.8 Å². The molecule has 0 bridgehead atoms. The first-order chi connectivity index (χ1) is 7.36. The van der Waals surface area contributed by atoms with Gasteiger partial charge in [0, 0.05) is 17.3 Å². The normalized spacial score (nSPS) is 23.9. The number of halogens is 1. The van der Waals surface area contributed by atoms with Crippen LogP contribution in [0.1, 0.15) is 24.1 Å². The highest BCUT2D eigenvalue weighted by molar-refractivity contribution is 7.09. The molecule has 0 radical (unpaired) electrons. The van der Waals surface area contributed by atoms with E-state index in [1.165, 1.54) is 4.88 Å². The molecule has 1 nitrogen and oxygen atoms in total. The van der Waals surface area contributed by atoms with Crippen LogP contribution in [0, 0.1) is 5.92 Å². The molecule has 0 aliphatic carbocycles. The van der Waals surface area contributed by atoms with Crippen molar-refractivity contribution in [1.82, 2.24) is 5.32 Å². The van der Waals surface area contributed by atoms with Gasteiger partial charge in [-0.25, -0.2) is 4.39 Å². The van der Waals surface area contributed by atoms with Crippen molar-refractivity contribution >= 4 is 11.3 Å². The molecule has 3 heteroatoms. The summed E-state index contributed by atoms with van der Waals surface area (Å²) in [5.74, 6) is 0.249. The predicted octanol–water partition coefficient (Wildman–Crippen LogP) is 3.02. The Morgan fingerprint density at radius 3 is 3.20 bits per heavy atom. The lowest BCUT2D eigenvalue weighted by atomic mass is 9.92. The van der Waals surface area contributed by atoms with E-state index >= 15 is 0 Å². The van der Waals surface area contributed by atoms with Gasteiger partial charge in [0.05, 0.1) is 0 Å². The number of aryl methyl sites for hydroxylation is 1. The minimum atomic E-state index is -0.625. The van der Waals surface area contributed by atoms with Crippen molar-refractivity contribution in [2.45, 2.75) is 31.9 Å². The Kier molecular flexibility index (Phi) is 4.15. The molecule has 0 aromatic carbocycles. The molecule has 1 N–H and O–H groups in total. The Bertz CT molecular complexity index is 267. The third-order valence-corrected chi connectivity index (χ3v) is 4.03. The standard InChI is InChI=1S/C12H18FNS/c13-12(10-3-1-7-14-9-10)6-5-11-4-2-8-15-11/h2,4,8,10,12,14H,1,3,5-7,9H2. The van der Waals surface area contributed by atoms with Gasteiger partial charge in [0.25, 0.3) is 0 Å². The van der Waals surface area contributed by atoms with E-state index < -0.39 is 6.17 Å². The topological polar surface area (TPSA) is 12.0 Å². The summed E-state index contributed by atoms with van der Waals surface area (Å²) in [5.41, 5.74) is 0. The molecule has 1 aromatic rings. The molecule has 0 amide bonds. The second-order valence-corrected chi connectivity index (χ2v) is 5.27. The summed E-state index contributed by atoms with van der Waals surface area (Å²) < 4.78 is 13.8. The van der Waals surface area contributed by atoms with Gasteiger partial charge in [-0.05, 0) is 43.7 Å². The summed E-state index contributed by atoms with van der Waals surface area (Å²) in [5, 5.41) is 5.33. The van der Waals surface area contributed by atoms with E-state index in [9.17, 15) is 4.39 Å². The largest absolute Gasteiger partial charge is 0.316 e. The van der Waals surface area contributed by atoms with Crippen LogP contribution in [-0.2, 0) is 6.42 Å².